The Morgan fingerprint density at radius 2 is 1.94 bits per heavy atom. The number of imidazole rings is 1. The number of nitrogens with zero attached hydrogens (tertiary/aromatic N) is 5. The van der Waals surface area contributed by atoms with Crippen molar-refractivity contribution in [3.8, 4) is 0 Å². The maximum atomic E-state index is 12.4. The Morgan fingerprint density at radius 1 is 1.23 bits per heavy atom. The fourth-order valence-corrected chi connectivity index (χ4v) is 4.16. The number of benzene rings is 1. The number of nitrogens with one attached hydrogen (secondary N) is 1. The van der Waals surface area contributed by atoms with Gasteiger partial charge in [0, 0.05) is 43.9 Å². The third-order valence-corrected chi connectivity index (χ3v) is 5.88. The van der Waals surface area contributed by atoms with Crippen molar-refractivity contribution in [3.63, 3.8) is 0 Å². The predicted octanol–water partition coefficient (Wildman–Crippen LogP) is 0.193. The number of piperazine rings is 1. The number of primary amides is 1. The summed E-state index contributed by atoms with van der Waals surface area (Å²) in [5.41, 5.74) is 6.96. The van der Waals surface area contributed by atoms with E-state index >= 15 is 0 Å². The molecule has 0 bridgehead atoms. The molecule has 1 aliphatic rings. The molecule has 3 heterocycles. The minimum absolute atomic E-state index is 0.170. The number of H-pyrrole nitrogens is 1. The number of hydrogen-bond donors (Lipinski definition) is 2. The lowest BCUT2D eigenvalue weighted by Gasteiger charge is -2.36. The maximum Gasteiger partial charge on any atom is 0.329 e. The number of carbonyl (C=O) groups is 1. The highest BCUT2D eigenvalue weighted by Gasteiger charge is 2.23. The third kappa shape index (κ3) is 4.08. The zero-order valence-corrected chi connectivity index (χ0v) is 18.1. The highest BCUT2D eigenvalue weighted by Crippen LogP contribution is 2.25. The van der Waals surface area contributed by atoms with Gasteiger partial charge in [-0.25, -0.2) is 9.78 Å². The number of rotatable bonds is 5. The number of fused-ring (bicyclic) bond motifs is 1. The minimum atomic E-state index is -0.588. The second-order valence-corrected chi connectivity index (χ2v) is 8.20. The van der Waals surface area contributed by atoms with Crippen molar-refractivity contribution in [2.24, 2.45) is 12.8 Å². The summed E-state index contributed by atoms with van der Waals surface area (Å²) in [4.78, 5) is 47.2. The fraction of sp³-hybridized carbons (Fsp3) is 0.400. The summed E-state index contributed by atoms with van der Waals surface area (Å²) in [5.74, 6) is -0.0667. The zero-order valence-electron chi connectivity index (χ0n) is 17.4. The van der Waals surface area contributed by atoms with E-state index in [9.17, 15) is 14.4 Å². The molecule has 1 fully saturated rings. The van der Waals surface area contributed by atoms with Crippen molar-refractivity contribution in [2.45, 2.75) is 20.0 Å². The standard InChI is InChI=1S/C20H24ClN7O3/c1-12-3-4-13(21)9-14(12)27-7-5-26(6-8-27)11-16-23-18-17(28(16)10-15(22)29)19(30)24-20(31)25(18)2/h3-4,9H,5-8,10-11H2,1-2H3,(H2,22,29)(H,24,30,31). The van der Waals surface area contributed by atoms with E-state index in [0.717, 1.165) is 31.9 Å². The largest absolute Gasteiger partial charge is 0.369 e. The number of anilines is 1. The van der Waals surface area contributed by atoms with Gasteiger partial charge in [0.25, 0.3) is 5.56 Å². The van der Waals surface area contributed by atoms with E-state index < -0.39 is 17.2 Å². The predicted molar refractivity (Wildman–Crippen MR) is 118 cm³/mol. The van der Waals surface area contributed by atoms with Gasteiger partial charge in [-0.1, -0.05) is 17.7 Å². The van der Waals surface area contributed by atoms with Crippen LogP contribution in [-0.4, -0.2) is 56.1 Å². The number of aromatic nitrogens is 4. The van der Waals surface area contributed by atoms with E-state index in [1.54, 1.807) is 0 Å². The molecule has 31 heavy (non-hydrogen) atoms. The van der Waals surface area contributed by atoms with Gasteiger partial charge in [-0.2, -0.15) is 0 Å². The van der Waals surface area contributed by atoms with Crippen molar-refractivity contribution in [3.05, 3.63) is 55.4 Å². The van der Waals surface area contributed by atoms with Crippen LogP contribution in [-0.2, 0) is 24.9 Å². The van der Waals surface area contributed by atoms with Crippen molar-refractivity contribution in [1.82, 2.24) is 24.0 Å². The lowest BCUT2D eigenvalue weighted by atomic mass is 10.1. The first-order valence-electron chi connectivity index (χ1n) is 9.94. The van der Waals surface area contributed by atoms with Crippen molar-refractivity contribution in [2.75, 3.05) is 31.1 Å². The number of nitrogens with two attached hydrogens (primary N) is 1. The average molecular weight is 446 g/mol. The van der Waals surface area contributed by atoms with Crippen molar-refractivity contribution < 1.29 is 4.79 Å². The summed E-state index contributed by atoms with van der Waals surface area (Å²) in [7, 11) is 1.53. The topological polar surface area (TPSA) is 122 Å². The molecule has 0 aliphatic carbocycles. The Balaban J connectivity index is 1.59. The summed E-state index contributed by atoms with van der Waals surface area (Å²) in [6, 6.07) is 5.87. The van der Waals surface area contributed by atoms with Gasteiger partial charge in [-0.15, -0.1) is 0 Å². The van der Waals surface area contributed by atoms with Crippen LogP contribution in [0.25, 0.3) is 11.2 Å². The normalized spacial score (nSPS) is 15.0. The summed E-state index contributed by atoms with van der Waals surface area (Å²) in [6.07, 6.45) is 0. The quantitative estimate of drug-likeness (QED) is 0.578. The van der Waals surface area contributed by atoms with Gasteiger partial charge in [-0.3, -0.25) is 24.0 Å². The zero-order chi connectivity index (χ0) is 22.3. The molecule has 11 heteroatoms. The first-order chi connectivity index (χ1) is 14.7. The monoisotopic (exact) mass is 445 g/mol. The van der Waals surface area contributed by atoms with E-state index in [2.05, 4.69) is 26.7 Å². The summed E-state index contributed by atoms with van der Waals surface area (Å²) in [5, 5.41) is 0.707. The Kier molecular flexibility index (Phi) is 5.59. The van der Waals surface area contributed by atoms with E-state index in [4.69, 9.17) is 17.3 Å². The lowest BCUT2D eigenvalue weighted by Crippen LogP contribution is -2.46. The molecule has 0 unspecified atom stereocenters. The van der Waals surface area contributed by atoms with E-state index in [1.165, 1.54) is 21.7 Å². The Hall–Kier alpha value is -3.11. The number of hydrogen-bond acceptors (Lipinski definition) is 6. The number of amides is 1. The molecular formula is C20H24ClN7O3. The van der Waals surface area contributed by atoms with Gasteiger partial charge in [0.15, 0.2) is 11.2 Å². The summed E-state index contributed by atoms with van der Waals surface area (Å²) < 4.78 is 2.76. The summed E-state index contributed by atoms with van der Waals surface area (Å²) in [6.45, 7) is 5.44. The molecular weight excluding hydrogens is 422 g/mol. The second-order valence-electron chi connectivity index (χ2n) is 7.77. The van der Waals surface area contributed by atoms with Crippen LogP contribution in [0.2, 0.25) is 5.02 Å². The number of aromatic amines is 1. The van der Waals surface area contributed by atoms with Crippen LogP contribution in [0.3, 0.4) is 0 Å². The number of halogens is 1. The lowest BCUT2D eigenvalue weighted by molar-refractivity contribution is -0.118. The van der Waals surface area contributed by atoms with Crippen molar-refractivity contribution in [1.29, 1.82) is 0 Å². The van der Waals surface area contributed by atoms with E-state index in [1.807, 2.05) is 18.2 Å². The first-order valence-corrected chi connectivity index (χ1v) is 10.3. The van der Waals surface area contributed by atoms with Gasteiger partial charge in [-0.05, 0) is 24.6 Å². The first kappa shape index (κ1) is 21.1. The van der Waals surface area contributed by atoms with E-state index in [-0.39, 0.29) is 17.7 Å². The molecule has 0 atom stereocenters. The van der Waals surface area contributed by atoms with Crippen LogP contribution in [0.15, 0.2) is 27.8 Å². The molecule has 0 spiro atoms. The van der Waals surface area contributed by atoms with Crippen LogP contribution in [0.4, 0.5) is 5.69 Å². The average Bonchev–Trinajstić information content (AvgIpc) is 3.07. The molecule has 1 aliphatic heterocycles. The second kappa shape index (κ2) is 8.20. The Bertz CT molecular complexity index is 1270. The third-order valence-electron chi connectivity index (χ3n) is 5.65. The maximum absolute atomic E-state index is 12.4. The molecule has 4 rings (SSSR count). The molecule has 3 aromatic rings. The Morgan fingerprint density at radius 3 is 2.61 bits per heavy atom. The van der Waals surface area contributed by atoms with Crippen LogP contribution in [0.1, 0.15) is 11.4 Å². The number of carbonyl (C=O) groups excluding carboxylic acids is 1. The van der Waals surface area contributed by atoms with Crippen molar-refractivity contribution >= 4 is 34.4 Å². The fourth-order valence-electron chi connectivity index (χ4n) is 4.00. The van der Waals surface area contributed by atoms with Gasteiger partial charge >= 0.3 is 5.69 Å². The molecule has 1 amide bonds. The van der Waals surface area contributed by atoms with Gasteiger partial charge in [0.05, 0.1) is 6.54 Å². The van der Waals surface area contributed by atoms with Gasteiger partial charge in [0.1, 0.15) is 12.4 Å². The van der Waals surface area contributed by atoms with Crippen LogP contribution >= 0.6 is 11.6 Å². The molecule has 1 aromatic carbocycles. The number of aryl methyl sites for hydroxylation is 2. The van der Waals surface area contributed by atoms with Gasteiger partial charge in [0.2, 0.25) is 5.91 Å². The molecule has 164 valence electrons. The molecule has 2 aromatic heterocycles. The highest BCUT2D eigenvalue weighted by atomic mass is 35.5. The highest BCUT2D eigenvalue weighted by molar-refractivity contribution is 6.30. The van der Waals surface area contributed by atoms with Crippen LogP contribution in [0.5, 0.6) is 0 Å². The van der Waals surface area contributed by atoms with Gasteiger partial charge < -0.3 is 15.2 Å². The minimum Gasteiger partial charge on any atom is -0.369 e. The molecule has 3 N–H and O–H groups in total. The van der Waals surface area contributed by atoms with Crippen LogP contribution < -0.4 is 21.9 Å². The molecule has 0 saturated carbocycles. The SMILES string of the molecule is Cc1ccc(Cl)cc1N1CCN(Cc2nc3c(c(=O)[nH]c(=O)n3C)n2CC(N)=O)CC1. The molecule has 10 nitrogen and oxygen atoms in total. The molecule has 1 saturated heterocycles. The summed E-state index contributed by atoms with van der Waals surface area (Å²) >= 11 is 6.17. The molecule has 0 radical (unpaired) electrons. The Labute approximate surface area is 182 Å². The van der Waals surface area contributed by atoms with E-state index in [0.29, 0.717) is 17.4 Å². The smallest absolute Gasteiger partial charge is 0.329 e. The van der Waals surface area contributed by atoms with Crippen LogP contribution in [0, 0.1) is 6.92 Å².